The Bertz CT molecular complexity index is 288. The lowest BCUT2D eigenvalue weighted by molar-refractivity contribution is 0.362. The largest absolute Gasteiger partial charge is 0.361 e. The summed E-state index contributed by atoms with van der Waals surface area (Å²) in [5.74, 6) is 1.49. The topological polar surface area (TPSA) is 26.0 Å². The van der Waals surface area contributed by atoms with E-state index < -0.39 is 0 Å². The standard InChI is InChI=1S/C10H13NO/c1-8-7-10(12-11-8)9-5-3-2-4-6-9/h3,5,7,9H,2,4,6H2,1H3/t9-/m0/s1. The predicted molar refractivity (Wildman–Crippen MR) is 47.0 cm³/mol. The van der Waals surface area contributed by atoms with E-state index in [-0.39, 0.29) is 0 Å². The van der Waals surface area contributed by atoms with E-state index in [0.717, 1.165) is 11.5 Å². The van der Waals surface area contributed by atoms with E-state index in [2.05, 4.69) is 17.3 Å². The average Bonchev–Trinajstić information content (AvgIpc) is 2.54. The van der Waals surface area contributed by atoms with Crippen LogP contribution in [0, 0.1) is 6.92 Å². The highest BCUT2D eigenvalue weighted by Crippen LogP contribution is 2.27. The van der Waals surface area contributed by atoms with Crippen LogP contribution in [0.25, 0.3) is 0 Å². The van der Waals surface area contributed by atoms with E-state index >= 15 is 0 Å². The number of aromatic nitrogens is 1. The summed E-state index contributed by atoms with van der Waals surface area (Å²) in [6.45, 7) is 1.96. The average molecular weight is 163 g/mol. The number of rotatable bonds is 1. The molecule has 0 aromatic carbocycles. The first-order valence-corrected chi connectivity index (χ1v) is 4.46. The van der Waals surface area contributed by atoms with E-state index in [1.54, 1.807) is 0 Å². The molecule has 12 heavy (non-hydrogen) atoms. The highest BCUT2D eigenvalue weighted by Gasteiger charge is 2.14. The lowest BCUT2D eigenvalue weighted by Crippen LogP contribution is -1.97. The van der Waals surface area contributed by atoms with Crippen LogP contribution in [-0.4, -0.2) is 5.16 Å². The van der Waals surface area contributed by atoms with Crippen LogP contribution in [0.1, 0.15) is 36.6 Å². The molecule has 0 N–H and O–H groups in total. The van der Waals surface area contributed by atoms with E-state index in [1.807, 2.05) is 13.0 Å². The molecule has 0 saturated heterocycles. The highest BCUT2D eigenvalue weighted by atomic mass is 16.5. The normalized spacial score (nSPS) is 22.9. The van der Waals surface area contributed by atoms with Gasteiger partial charge in [-0.2, -0.15) is 0 Å². The summed E-state index contributed by atoms with van der Waals surface area (Å²) in [7, 11) is 0. The van der Waals surface area contributed by atoms with Gasteiger partial charge in [0.15, 0.2) is 0 Å². The Balaban J connectivity index is 2.18. The van der Waals surface area contributed by atoms with Crippen molar-refractivity contribution in [2.24, 2.45) is 0 Å². The van der Waals surface area contributed by atoms with Crippen molar-refractivity contribution >= 4 is 0 Å². The Morgan fingerprint density at radius 3 is 3.08 bits per heavy atom. The molecule has 1 aromatic rings. The van der Waals surface area contributed by atoms with Crippen molar-refractivity contribution in [3.8, 4) is 0 Å². The van der Waals surface area contributed by atoms with Gasteiger partial charge in [0.2, 0.25) is 0 Å². The van der Waals surface area contributed by atoms with E-state index in [4.69, 9.17) is 4.52 Å². The molecular formula is C10H13NO. The second-order valence-corrected chi connectivity index (χ2v) is 3.34. The van der Waals surface area contributed by atoms with Crippen molar-refractivity contribution in [1.29, 1.82) is 0 Å². The fourth-order valence-electron chi connectivity index (χ4n) is 1.61. The summed E-state index contributed by atoms with van der Waals surface area (Å²) >= 11 is 0. The fourth-order valence-corrected chi connectivity index (χ4v) is 1.61. The smallest absolute Gasteiger partial charge is 0.143 e. The van der Waals surface area contributed by atoms with Crippen LogP contribution in [0.4, 0.5) is 0 Å². The molecule has 0 fully saturated rings. The van der Waals surface area contributed by atoms with Crippen molar-refractivity contribution in [1.82, 2.24) is 5.16 Å². The summed E-state index contributed by atoms with van der Waals surface area (Å²) in [5, 5.41) is 3.88. The molecule has 2 rings (SSSR count). The number of allylic oxidation sites excluding steroid dienone is 2. The maximum atomic E-state index is 5.20. The van der Waals surface area contributed by atoms with Gasteiger partial charge in [0.05, 0.1) is 5.69 Å². The van der Waals surface area contributed by atoms with Gasteiger partial charge in [-0.15, -0.1) is 0 Å². The first-order chi connectivity index (χ1) is 5.86. The van der Waals surface area contributed by atoms with E-state index in [0.29, 0.717) is 5.92 Å². The zero-order valence-corrected chi connectivity index (χ0v) is 7.29. The zero-order chi connectivity index (χ0) is 8.39. The minimum absolute atomic E-state index is 0.472. The third-order valence-electron chi connectivity index (χ3n) is 2.27. The monoisotopic (exact) mass is 163 g/mol. The van der Waals surface area contributed by atoms with Crippen molar-refractivity contribution in [2.45, 2.75) is 32.1 Å². The second kappa shape index (κ2) is 3.13. The maximum Gasteiger partial charge on any atom is 0.143 e. The molecule has 1 aliphatic carbocycles. The minimum Gasteiger partial charge on any atom is -0.361 e. The molecule has 1 aromatic heterocycles. The van der Waals surface area contributed by atoms with Crippen LogP contribution in [0.2, 0.25) is 0 Å². The van der Waals surface area contributed by atoms with Crippen LogP contribution in [-0.2, 0) is 0 Å². The number of nitrogens with zero attached hydrogens (tertiary/aromatic N) is 1. The minimum atomic E-state index is 0.472. The van der Waals surface area contributed by atoms with Gasteiger partial charge in [-0.3, -0.25) is 0 Å². The molecule has 1 atom stereocenters. The summed E-state index contributed by atoms with van der Waals surface area (Å²) in [5.41, 5.74) is 0.976. The lowest BCUT2D eigenvalue weighted by Gasteiger charge is -2.11. The van der Waals surface area contributed by atoms with Crippen LogP contribution in [0.5, 0.6) is 0 Å². The molecule has 0 radical (unpaired) electrons. The molecular weight excluding hydrogens is 150 g/mol. The van der Waals surface area contributed by atoms with Gasteiger partial charge in [-0.25, -0.2) is 0 Å². The number of hydrogen-bond acceptors (Lipinski definition) is 2. The van der Waals surface area contributed by atoms with Gasteiger partial charge in [-0.1, -0.05) is 17.3 Å². The Labute approximate surface area is 72.3 Å². The van der Waals surface area contributed by atoms with Gasteiger partial charge >= 0.3 is 0 Å². The molecule has 2 heteroatoms. The number of hydrogen-bond donors (Lipinski definition) is 0. The van der Waals surface area contributed by atoms with Gasteiger partial charge in [0.25, 0.3) is 0 Å². The molecule has 64 valence electrons. The molecule has 1 aliphatic rings. The second-order valence-electron chi connectivity index (χ2n) is 3.34. The lowest BCUT2D eigenvalue weighted by atomic mass is 9.94. The van der Waals surface area contributed by atoms with Gasteiger partial charge < -0.3 is 4.52 Å². The predicted octanol–water partition coefficient (Wildman–Crippen LogP) is 2.81. The Morgan fingerprint density at radius 1 is 1.58 bits per heavy atom. The third-order valence-corrected chi connectivity index (χ3v) is 2.27. The van der Waals surface area contributed by atoms with E-state index in [9.17, 15) is 0 Å². The van der Waals surface area contributed by atoms with Gasteiger partial charge in [0.1, 0.15) is 5.76 Å². The Kier molecular flexibility index (Phi) is 1.98. The molecule has 2 nitrogen and oxygen atoms in total. The van der Waals surface area contributed by atoms with Crippen molar-refractivity contribution in [3.63, 3.8) is 0 Å². The Hall–Kier alpha value is -1.05. The SMILES string of the molecule is Cc1cc([C@H]2C=CCCC2)on1. The van der Waals surface area contributed by atoms with Crippen LogP contribution >= 0.6 is 0 Å². The maximum absolute atomic E-state index is 5.20. The first kappa shape index (κ1) is 7.59. The molecule has 0 bridgehead atoms. The van der Waals surface area contributed by atoms with Gasteiger partial charge in [0, 0.05) is 12.0 Å². The fraction of sp³-hybridized carbons (Fsp3) is 0.500. The van der Waals surface area contributed by atoms with Crippen LogP contribution in [0.3, 0.4) is 0 Å². The summed E-state index contributed by atoms with van der Waals surface area (Å²) < 4.78 is 5.20. The van der Waals surface area contributed by atoms with Crippen molar-refractivity contribution in [3.05, 3.63) is 29.7 Å². The number of aryl methyl sites for hydroxylation is 1. The molecule has 0 unspecified atom stereocenters. The Morgan fingerprint density at radius 2 is 2.50 bits per heavy atom. The molecule has 0 aliphatic heterocycles. The van der Waals surface area contributed by atoms with Crippen LogP contribution < -0.4 is 0 Å². The quantitative estimate of drug-likeness (QED) is 0.595. The third kappa shape index (κ3) is 1.42. The van der Waals surface area contributed by atoms with E-state index in [1.165, 1.54) is 19.3 Å². The zero-order valence-electron chi connectivity index (χ0n) is 7.29. The van der Waals surface area contributed by atoms with Gasteiger partial charge in [-0.05, 0) is 26.2 Å². The summed E-state index contributed by atoms with van der Waals surface area (Å²) in [6.07, 6.45) is 8.13. The molecule has 0 amide bonds. The first-order valence-electron chi connectivity index (χ1n) is 4.46. The molecule has 0 spiro atoms. The van der Waals surface area contributed by atoms with Crippen molar-refractivity contribution < 1.29 is 4.52 Å². The summed E-state index contributed by atoms with van der Waals surface area (Å²) in [6, 6.07) is 2.03. The molecule has 0 saturated carbocycles. The van der Waals surface area contributed by atoms with Crippen molar-refractivity contribution in [2.75, 3.05) is 0 Å². The van der Waals surface area contributed by atoms with Crippen LogP contribution in [0.15, 0.2) is 22.7 Å². The highest BCUT2D eigenvalue weighted by molar-refractivity contribution is 5.15. The summed E-state index contributed by atoms with van der Waals surface area (Å²) in [4.78, 5) is 0. The molecule has 1 heterocycles.